The molecule has 1 aromatic heterocycles. The van der Waals surface area contributed by atoms with Gasteiger partial charge in [0.2, 0.25) is 0 Å². The van der Waals surface area contributed by atoms with E-state index >= 15 is 0 Å². The van der Waals surface area contributed by atoms with Crippen LogP contribution in [-0.4, -0.2) is 43.6 Å². The van der Waals surface area contributed by atoms with Crippen LogP contribution < -0.4 is 0 Å². The summed E-state index contributed by atoms with van der Waals surface area (Å²) in [4.78, 5) is 14.5. The molecule has 1 saturated heterocycles. The average molecular weight is 271 g/mol. The molecule has 0 unspecified atom stereocenters. The van der Waals surface area contributed by atoms with Crippen molar-refractivity contribution in [1.29, 1.82) is 0 Å². The summed E-state index contributed by atoms with van der Waals surface area (Å²) in [6.45, 7) is 2.97. The number of likely N-dealkylation sites (tertiary alicyclic amines) is 1. The highest BCUT2D eigenvalue weighted by atomic mass is 16.2. The van der Waals surface area contributed by atoms with E-state index in [1.165, 1.54) is 12.7 Å². The lowest BCUT2D eigenvalue weighted by Gasteiger charge is -2.33. The van der Waals surface area contributed by atoms with Gasteiger partial charge in [0.25, 0.3) is 5.91 Å². The van der Waals surface area contributed by atoms with Crippen LogP contribution in [-0.2, 0) is 0 Å². The van der Waals surface area contributed by atoms with Crippen LogP contribution in [0.4, 0.5) is 0 Å². The van der Waals surface area contributed by atoms with E-state index in [0.717, 1.165) is 30.6 Å². The SMILES string of the molecule is C[C@H]1CCCCN1C(=O)c1ccc(-n2cnnn2)cc1. The molecule has 2 aromatic rings. The number of carbonyl (C=O) groups is 1. The van der Waals surface area contributed by atoms with E-state index in [1.54, 1.807) is 4.68 Å². The van der Waals surface area contributed by atoms with Crippen LogP contribution in [0, 0.1) is 0 Å². The van der Waals surface area contributed by atoms with E-state index in [0.29, 0.717) is 6.04 Å². The first kappa shape index (κ1) is 12.8. The second kappa shape index (κ2) is 5.40. The summed E-state index contributed by atoms with van der Waals surface area (Å²) >= 11 is 0. The standard InChI is InChI=1S/C14H17N5O/c1-11-4-2-3-9-18(11)14(20)12-5-7-13(8-6-12)19-10-15-16-17-19/h5-8,10-11H,2-4,9H2,1H3/t11-/m0/s1. The fraction of sp³-hybridized carbons (Fsp3) is 0.429. The van der Waals surface area contributed by atoms with E-state index in [1.807, 2.05) is 29.2 Å². The van der Waals surface area contributed by atoms with Crippen molar-refractivity contribution in [3.05, 3.63) is 36.2 Å². The van der Waals surface area contributed by atoms with Gasteiger partial charge >= 0.3 is 0 Å². The zero-order chi connectivity index (χ0) is 13.9. The Kier molecular flexibility index (Phi) is 3.45. The maximum Gasteiger partial charge on any atom is 0.254 e. The van der Waals surface area contributed by atoms with Crippen LogP contribution in [0.15, 0.2) is 30.6 Å². The lowest BCUT2D eigenvalue weighted by atomic mass is 10.0. The van der Waals surface area contributed by atoms with Crippen molar-refractivity contribution >= 4 is 5.91 Å². The molecule has 1 aliphatic rings. The molecule has 0 radical (unpaired) electrons. The summed E-state index contributed by atoms with van der Waals surface area (Å²) in [6.07, 6.45) is 4.93. The van der Waals surface area contributed by atoms with Crippen molar-refractivity contribution < 1.29 is 4.79 Å². The van der Waals surface area contributed by atoms with Crippen molar-refractivity contribution in [2.75, 3.05) is 6.54 Å². The fourth-order valence-corrected chi connectivity index (χ4v) is 2.60. The molecule has 1 atom stereocenters. The number of tetrazole rings is 1. The second-order valence-corrected chi connectivity index (χ2v) is 5.14. The van der Waals surface area contributed by atoms with E-state index < -0.39 is 0 Å². The van der Waals surface area contributed by atoms with Gasteiger partial charge in [-0.05, 0) is 60.9 Å². The van der Waals surface area contributed by atoms with Gasteiger partial charge in [-0.25, -0.2) is 4.68 Å². The van der Waals surface area contributed by atoms with Crippen molar-refractivity contribution in [1.82, 2.24) is 25.1 Å². The predicted molar refractivity (Wildman–Crippen MR) is 73.5 cm³/mol. The Labute approximate surface area is 117 Å². The molecular formula is C14H17N5O. The largest absolute Gasteiger partial charge is 0.336 e. The van der Waals surface area contributed by atoms with Crippen molar-refractivity contribution in [3.8, 4) is 5.69 Å². The van der Waals surface area contributed by atoms with Crippen LogP contribution in [0.5, 0.6) is 0 Å². The third-order valence-electron chi connectivity index (χ3n) is 3.79. The molecule has 6 heteroatoms. The highest BCUT2D eigenvalue weighted by Gasteiger charge is 2.23. The van der Waals surface area contributed by atoms with Crippen LogP contribution >= 0.6 is 0 Å². The molecule has 20 heavy (non-hydrogen) atoms. The molecule has 0 bridgehead atoms. The Hall–Kier alpha value is -2.24. The molecule has 0 aliphatic carbocycles. The number of amides is 1. The Morgan fingerprint density at radius 3 is 2.70 bits per heavy atom. The number of nitrogens with zero attached hydrogens (tertiary/aromatic N) is 5. The summed E-state index contributed by atoms with van der Waals surface area (Å²) in [5.41, 5.74) is 1.56. The van der Waals surface area contributed by atoms with Gasteiger partial charge in [-0.1, -0.05) is 0 Å². The highest BCUT2D eigenvalue weighted by Crippen LogP contribution is 2.19. The van der Waals surface area contributed by atoms with Gasteiger partial charge in [0.05, 0.1) is 5.69 Å². The summed E-state index contributed by atoms with van der Waals surface area (Å²) in [7, 11) is 0. The van der Waals surface area contributed by atoms with Crippen LogP contribution in [0.3, 0.4) is 0 Å². The number of hydrogen-bond donors (Lipinski definition) is 0. The highest BCUT2D eigenvalue weighted by molar-refractivity contribution is 5.94. The Bertz CT molecular complexity index is 578. The van der Waals surface area contributed by atoms with Gasteiger partial charge in [-0.2, -0.15) is 0 Å². The number of benzene rings is 1. The summed E-state index contributed by atoms with van der Waals surface area (Å²) < 4.78 is 1.57. The fourth-order valence-electron chi connectivity index (χ4n) is 2.60. The minimum Gasteiger partial charge on any atom is -0.336 e. The molecule has 1 amide bonds. The van der Waals surface area contributed by atoms with Gasteiger partial charge in [-0.15, -0.1) is 5.10 Å². The molecule has 6 nitrogen and oxygen atoms in total. The van der Waals surface area contributed by atoms with Gasteiger partial charge in [0.1, 0.15) is 6.33 Å². The molecule has 0 spiro atoms. The normalized spacial score (nSPS) is 19.1. The molecular weight excluding hydrogens is 254 g/mol. The first-order valence-electron chi connectivity index (χ1n) is 6.90. The molecule has 0 saturated carbocycles. The molecule has 1 aromatic carbocycles. The summed E-state index contributed by atoms with van der Waals surface area (Å²) in [6, 6.07) is 7.72. The third kappa shape index (κ3) is 2.41. The van der Waals surface area contributed by atoms with Crippen molar-refractivity contribution in [2.24, 2.45) is 0 Å². The molecule has 3 rings (SSSR count). The van der Waals surface area contributed by atoms with E-state index in [9.17, 15) is 4.79 Å². The number of hydrogen-bond acceptors (Lipinski definition) is 4. The van der Waals surface area contributed by atoms with Crippen molar-refractivity contribution in [3.63, 3.8) is 0 Å². The van der Waals surface area contributed by atoms with E-state index in [4.69, 9.17) is 0 Å². The summed E-state index contributed by atoms with van der Waals surface area (Å²) in [5.74, 6) is 0.112. The zero-order valence-electron chi connectivity index (χ0n) is 11.4. The first-order chi connectivity index (χ1) is 9.75. The van der Waals surface area contributed by atoms with Gasteiger partial charge in [0, 0.05) is 18.2 Å². The minimum absolute atomic E-state index is 0.112. The van der Waals surface area contributed by atoms with E-state index in [2.05, 4.69) is 22.4 Å². The predicted octanol–water partition coefficient (Wildman–Crippen LogP) is 1.68. The monoisotopic (exact) mass is 271 g/mol. The number of aromatic nitrogens is 4. The van der Waals surface area contributed by atoms with E-state index in [-0.39, 0.29) is 5.91 Å². The Morgan fingerprint density at radius 2 is 2.05 bits per heavy atom. The minimum atomic E-state index is 0.112. The molecule has 2 heterocycles. The molecule has 1 fully saturated rings. The van der Waals surface area contributed by atoms with Crippen LogP contribution in [0.25, 0.3) is 5.69 Å². The summed E-state index contributed by atoms with van der Waals surface area (Å²) in [5, 5.41) is 11.0. The van der Waals surface area contributed by atoms with Crippen LogP contribution in [0.2, 0.25) is 0 Å². The second-order valence-electron chi connectivity index (χ2n) is 5.14. The van der Waals surface area contributed by atoms with Crippen LogP contribution in [0.1, 0.15) is 36.5 Å². The third-order valence-corrected chi connectivity index (χ3v) is 3.79. The Morgan fingerprint density at radius 1 is 1.25 bits per heavy atom. The quantitative estimate of drug-likeness (QED) is 0.833. The lowest BCUT2D eigenvalue weighted by Crippen LogP contribution is -2.42. The molecule has 0 N–H and O–H groups in total. The molecule has 104 valence electrons. The van der Waals surface area contributed by atoms with Gasteiger partial charge in [0.15, 0.2) is 0 Å². The maximum atomic E-state index is 12.5. The number of rotatable bonds is 2. The maximum absolute atomic E-state index is 12.5. The van der Waals surface area contributed by atoms with Gasteiger partial charge < -0.3 is 4.90 Å². The zero-order valence-corrected chi connectivity index (χ0v) is 11.4. The topological polar surface area (TPSA) is 63.9 Å². The van der Waals surface area contributed by atoms with Gasteiger partial charge in [-0.3, -0.25) is 4.79 Å². The smallest absolute Gasteiger partial charge is 0.254 e. The molecule has 1 aliphatic heterocycles. The Balaban J connectivity index is 1.78. The number of carbonyl (C=O) groups excluding carboxylic acids is 1. The average Bonchev–Trinajstić information content (AvgIpc) is 3.01. The lowest BCUT2D eigenvalue weighted by molar-refractivity contribution is 0.0635. The van der Waals surface area contributed by atoms with Crippen molar-refractivity contribution in [2.45, 2.75) is 32.2 Å². The number of piperidine rings is 1. The first-order valence-corrected chi connectivity index (χ1v) is 6.90.